The summed E-state index contributed by atoms with van der Waals surface area (Å²) in [5.74, 6) is -0.242. The van der Waals surface area contributed by atoms with E-state index in [2.05, 4.69) is 26.1 Å². The molecule has 1 saturated heterocycles. The van der Waals surface area contributed by atoms with Gasteiger partial charge in [0.2, 0.25) is 0 Å². The molecular weight excluding hydrogens is 367 g/mol. The van der Waals surface area contributed by atoms with E-state index < -0.39 is 0 Å². The van der Waals surface area contributed by atoms with Crippen LogP contribution in [-0.2, 0) is 0 Å². The largest absolute Gasteiger partial charge is 0.367 e. The summed E-state index contributed by atoms with van der Waals surface area (Å²) in [6.45, 7) is 3.01. The molecule has 138 valence electrons. The summed E-state index contributed by atoms with van der Waals surface area (Å²) in [6, 6.07) is 14.7. The van der Waals surface area contributed by atoms with Crippen molar-refractivity contribution in [3.8, 4) is 11.1 Å². The van der Waals surface area contributed by atoms with E-state index in [0.717, 1.165) is 43.0 Å². The first-order valence-electron chi connectivity index (χ1n) is 8.71. The Labute approximate surface area is 161 Å². The molecule has 3 aromatic rings. The van der Waals surface area contributed by atoms with Crippen LogP contribution in [0.4, 0.5) is 15.8 Å². The van der Waals surface area contributed by atoms with E-state index in [1.165, 1.54) is 12.1 Å². The van der Waals surface area contributed by atoms with E-state index in [1.807, 2.05) is 18.2 Å². The molecule has 2 aromatic carbocycles. The van der Waals surface area contributed by atoms with Gasteiger partial charge in [-0.2, -0.15) is 5.10 Å². The Morgan fingerprint density at radius 3 is 2.26 bits per heavy atom. The summed E-state index contributed by atoms with van der Waals surface area (Å²) in [4.78, 5) is 16.0. The van der Waals surface area contributed by atoms with Crippen LogP contribution in [0.25, 0.3) is 11.1 Å². The van der Waals surface area contributed by atoms with Crippen LogP contribution >= 0.6 is 11.6 Å². The van der Waals surface area contributed by atoms with E-state index in [-0.39, 0.29) is 16.4 Å². The monoisotopic (exact) mass is 384 g/mol. The number of nitrogens with zero attached hydrogens (tertiary/aromatic N) is 3. The van der Waals surface area contributed by atoms with Gasteiger partial charge in [-0.3, -0.25) is 4.79 Å². The molecule has 1 aliphatic heterocycles. The Morgan fingerprint density at radius 2 is 1.56 bits per heavy atom. The molecule has 0 radical (unpaired) electrons. The van der Waals surface area contributed by atoms with E-state index >= 15 is 0 Å². The predicted octanol–water partition coefficient (Wildman–Crippen LogP) is 3.56. The lowest BCUT2D eigenvalue weighted by Crippen LogP contribution is -2.47. The maximum atomic E-state index is 13.3. The summed E-state index contributed by atoms with van der Waals surface area (Å²) < 4.78 is 13.3. The number of piperazine rings is 1. The van der Waals surface area contributed by atoms with Crippen molar-refractivity contribution in [3.05, 3.63) is 75.9 Å². The van der Waals surface area contributed by atoms with Crippen LogP contribution in [0.1, 0.15) is 0 Å². The van der Waals surface area contributed by atoms with Gasteiger partial charge in [0.1, 0.15) is 10.8 Å². The first-order valence-corrected chi connectivity index (χ1v) is 9.09. The van der Waals surface area contributed by atoms with Crippen LogP contribution in [-0.4, -0.2) is 36.4 Å². The van der Waals surface area contributed by atoms with Gasteiger partial charge in [-0.25, -0.2) is 9.49 Å². The quantitative estimate of drug-likeness (QED) is 0.750. The van der Waals surface area contributed by atoms with Crippen LogP contribution in [0.2, 0.25) is 5.02 Å². The molecule has 0 spiro atoms. The van der Waals surface area contributed by atoms with Crippen LogP contribution in [0.3, 0.4) is 0 Å². The molecule has 5 nitrogen and oxygen atoms in total. The lowest BCUT2D eigenvalue weighted by molar-refractivity contribution is 0.628. The minimum absolute atomic E-state index is 0.171. The minimum atomic E-state index is -0.377. The fourth-order valence-corrected chi connectivity index (χ4v) is 3.62. The first kappa shape index (κ1) is 17.5. The molecule has 0 aliphatic carbocycles. The van der Waals surface area contributed by atoms with E-state index in [9.17, 15) is 9.18 Å². The molecule has 0 atom stereocenters. The SMILES string of the molecule is O=c1[nH]ncc(N2CCN(c3ccccc3-c3ccc(F)cc3)CC2)c1Cl. The Morgan fingerprint density at radius 1 is 0.926 bits per heavy atom. The van der Waals surface area contributed by atoms with Crippen molar-refractivity contribution >= 4 is 23.0 Å². The third kappa shape index (κ3) is 3.53. The average Bonchev–Trinajstić information content (AvgIpc) is 2.71. The normalized spacial score (nSPS) is 14.4. The summed E-state index contributed by atoms with van der Waals surface area (Å²) in [7, 11) is 0. The second-order valence-corrected chi connectivity index (χ2v) is 6.77. The fraction of sp³-hybridized carbons (Fsp3) is 0.200. The number of hydrogen-bond acceptors (Lipinski definition) is 4. The molecule has 0 bridgehead atoms. The van der Waals surface area contributed by atoms with E-state index in [1.54, 1.807) is 18.3 Å². The number of para-hydroxylation sites is 1. The van der Waals surface area contributed by atoms with E-state index in [0.29, 0.717) is 5.69 Å². The van der Waals surface area contributed by atoms with Gasteiger partial charge in [0, 0.05) is 37.4 Å². The second-order valence-electron chi connectivity index (χ2n) is 6.40. The summed E-state index contributed by atoms with van der Waals surface area (Å²) in [5.41, 5.74) is 3.45. The summed E-state index contributed by atoms with van der Waals surface area (Å²) >= 11 is 6.13. The maximum Gasteiger partial charge on any atom is 0.285 e. The lowest BCUT2D eigenvalue weighted by atomic mass is 10.0. The lowest BCUT2D eigenvalue weighted by Gasteiger charge is -2.38. The Kier molecular flexibility index (Phi) is 4.81. The molecule has 0 amide bonds. The zero-order valence-corrected chi connectivity index (χ0v) is 15.3. The number of nitrogens with one attached hydrogen (secondary N) is 1. The molecule has 1 aliphatic rings. The maximum absolute atomic E-state index is 13.3. The number of aromatic nitrogens is 2. The molecule has 7 heteroatoms. The molecule has 0 unspecified atom stereocenters. The average molecular weight is 385 g/mol. The fourth-order valence-electron chi connectivity index (χ4n) is 3.41. The number of benzene rings is 2. The highest BCUT2D eigenvalue weighted by Crippen LogP contribution is 2.32. The van der Waals surface area contributed by atoms with Crippen LogP contribution in [0, 0.1) is 5.82 Å². The minimum Gasteiger partial charge on any atom is -0.367 e. The van der Waals surface area contributed by atoms with Gasteiger partial charge < -0.3 is 9.80 Å². The zero-order chi connectivity index (χ0) is 18.8. The van der Waals surface area contributed by atoms with Gasteiger partial charge in [0.05, 0.1) is 11.9 Å². The zero-order valence-electron chi connectivity index (χ0n) is 14.5. The molecule has 2 heterocycles. The van der Waals surface area contributed by atoms with Gasteiger partial charge in [-0.15, -0.1) is 0 Å². The highest BCUT2D eigenvalue weighted by atomic mass is 35.5. The molecule has 27 heavy (non-hydrogen) atoms. The van der Waals surface area contributed by atoms with Crippen molar-refractivity contribution in [2.24, 2.45) is 0 Å². The smallest absolute Gasteiger partial charge is 0.285 e. The standard InChI is InChI=1S/C20H18ClFN4O/c21-19-18(13-23-24-20(19)27)26-11-9-25(10-12-26)17-4-2-1-3-16(17)14-5-7-15(22)8-6-14/h1-8,13H,9-12H2,(H,24,27). The number of aromatic amines is 1. The molecule has 0 saturated carbocycles. The van der Waals surface area contributed by atoms with Crippen LogP contribution < -0.4 is 15.4 Å². The van der Waals surface area contributed by atoms with Crippen molar-refractivity contribution in [3.63, 3.8) is 0 Å². The van der Waals surface area contributed by atoms with Crippen LogP contribution in [0.15, 0.2) is 59.5 Å². The van der Waals surface area contributed by atoms with E-state index in [4.69, 9.17) is 11.6 Å². The highest BCUT2D eigenvalue weighted by Gasteiger charge is 2.22. The molecular formula is C20H18ClFN4O. The summed E-state index contributed by atoms with van der Waals surface area (Å²) in [5, 5.41) is 6.36. The van der Waals surface area contributed by atoms with Crippen LogP contribution in [0.5, 0.6) is 0 Å². The third-order valence-electron chi connectivity index (χ3n) is 4.80. The number of H-pyrrole nitrogens is 1. The van der Waals surface area contributed by atoms with Crippen molar-refractivity contribution < 1.29 is 4.39 Å². The predicted molar refractivity (Wildman–Crippen MR) is 106 cm³/mol. The number of anilines is 2. The Balaban J connectivity index is 1.56. The highest BCUT2D eigenvalue weighted by molar-refractivity contribution is 6.33. The van der Waals surface area contributed by atoms with Gasteiger partial charge in [-0.1, -0.05) is 41.9 Å². The molecule has 4 rings (SSSR count). The van der Waals surface area contributed by atoms with Crippen molar-refractivity contribution in [1.82, 2.24) is 10.2 Å². The molecule has 1 N–H and O–H groups in total. The van der Waals surface area contributed by atoms with Gasteiger partial charge in [0.25, 0.3) is 5.56 Å². The molecule has 1 aromatic heterocycles. The topological polar surface area (TPSA) is 52.2 Å². The Hall–Kier alpha value is -2.86. The van der Waals surface area contributed by atoms with Crippen molar-refractivity contribution in [2.75, 3.05) is 36.0 Å². The van der Waals surface area contributed by atoms with Crippen molar-refractivity contribution in [1.29, 1.82) is 0 Å². The number of rotatable bonds is 3. The van der Waals surface area contributed by atoms with Gasteiger partial charge >= 0.3 is 0 Å². The van der Waals surface area contributed by atoms with Gasteiger partial charge in [-0.05, 0) is 23.8 Å². The summed E-state index contributed by atoms with van der Waals surface area (Å²) in [6.07, 6.45) is 1.59. The first-order chi connectivity index (χ1) is 13.1. The second kappa shape index (κ2) is 7.40. The number of hydrogen-bond donors (Lipinski definition) is 1. The number of halogens is 2. The third-order valence-corrected chi connectivity index (χ3v) is 5.16. The van der Waals surface area contributed by atoms with Crippen molar-refractivity contribution in [2.45, 2.75) is 0 Å². The Bertz CT molecular complexity index is 997. The van der Waals surface area contributed by atoms with Gasteiger partial charge in [0.15, 0.2) is 0 Å². The molecule has 1 fully saturated rings.